The normalized spacial score (nSPS) is 15.7. The van der Waals surface area contributed by atoms with Crippen molar-refractivity contribution in [1.82, 2.24) is 9.55 Å². The zero-order valence-corrected chi connectivity index (χ0v) is 20.3. The molecule has 38 heavy (non-hydrogen) atoms. The molecule has 1 unspecified atom stereocenters. The molecule has 200 valence electrons. The fourth-order valence-electron chi connectivity index (χ4n) is 4.33. The van der Waals surface area contributed by atoms with Gasteiger partial charge in [-0.3, -0.25) is 0 Å². The first-order valence-corrected chi connectivity index (χ1v) is 12.4. The SMILES string of the molecule is COc1ccc(Cc2nc(OS(=O)(=O)C(F)(F)F)c(CC3CO3)c3c4ccccc4n(C(=O)O)c23)cc1F. The number of fused-ring (bicyclic) bond motifs is 3. The van der Waals surface area contributed by atoms with E-state index in [0.29, 0.717) is 5.39 Å². The third kappa shape index (κ3) is 4.49. The van der Waals surface area contributed by atoms with Crippen molar-refractivity contribution in [1.29, 1.82) is 0 Å². The first-order valence-electron chi connectivity index (χ1n) is 11.0. The Balaban J connectivity index is 1.84. The Morgan fingerprint density at radius 2 is 1.95 bits per heavy atom. The van der Waals surface area contributed by atoms with Gasteiger partial charge in [0.1, 0.15) is 0 Å². The number of nitrogens with zero attached hydrogens (tertiary/aromatic N) is 2. The number of ether oxygens (including phenoxy) is 2. The van der Waals surface area contributed by atoms with E-state index in [0.717, 1.165) is 10.6 Å². The maximum absolute atomic E-state index is 14.4. The molecule has 0 bridgehead atoms. The van der Waals surface area contributed by atoms with E-state index >= 15 is 0 Å². The van der Waals surface area contributed by atoms with Crippen LogP contribution in [0.4, 0.5) is 22.4 Å². The topological polar surface area (TPSA) is 120 Å². The highest BCUT2D eigenvalue weighted by Crippen LogP contribution is 2.41. The number of epoxide rings is 1. The fourth-order valence-corrected chi connectivity index (χ4v) is 4.77. The molecular weight excluding hydrogens is 536 g/mol. The number of pyridine rings is 1. The minimum Gasteiger partial charge on any atom is -0.494 e. The Bertz CT molecular complexity index is 1700. The molecule has 1 N–H and O–H groups in total. The maximum atomic E-state index is 14.4. The standard InChI is InChI=1S/C24H18F4N2O7S/c1-35-19-7-6-12(8-16(19)25)9-17-21-20(14-4-2-3-5-18(14)30(21)23(31)32)15(10-13-11-36-13)22(29-17)37-38(33,34)24(26,27)28/h2-8,13H,9-11H2,1H3,(H,31,32). The molecule has 1 aliphatic heterocycles. The van der Waals surface area contributed by atoms with Crippen LogP contribution < -0.4 is 8.92 Å². The van der Waals surface area contributed by atoms with Gasteiger partial charge in [0.2, 0.25) is 5.88 Å². The van der Waals surface area contributed by atoms with Gasteiger partial charge in [-0.1, -0.05) is 24.3 Å². The minimum atomic E-state index is -6.13. The van der Waals surface area contributed by atoms with E-state index in [2.05, 4.69) is 9.17 Å². The monoisotopic (exact) mass is 554 g/mol. The largest absolute Gasteiger partial charge is 0.534 e. The van der Waals surface area contributed by atoms with Crippen molar-refractivity contribution in [3.63, 3.8) is 0 Å². The summed E-state index contributed by atoms with van der Waals surface area (Å²) in [6.45, 7) is 0.261. The van der Waals surface area contributed by atoms with Crippen LogP contribution in [0.2, 0.25) is 0 Å². The second-order valence-electron chi connectivity index (χ2n) is 8.49. The number of hydrogen-bond donors (Lipinski definition) is 1. The van der Waals surface area contributed by atoms with Gasteiger partial charge in [0, 0.05) is 29.2 Å². The van der Waals surface area contributed by atoms with Crippen LogP contribution in [0.15, 0.2) is 42.5 Å². The summed E-state index contributed by atoms with van der Waals surface area (Å²) < 4.78 is 93.7. The number of rotatable bonds is 7. The van der Waals surface area contributed by atoms with Crippen LogP contribution in [-0.2, 0) is 27.7 Å². The third-order valence-corrected chi connectivity index (χ3v) is 6.97. The molecule has 0 amide bonds. The van der Waals surface area contributed by atoms with E-state index in [1.54, 1.807) is 18.2 Å². The zero-order chi connectivity index (χ0) is 27.4. The molecule has 0 aliphatic carbocycles. The molecule has 1 atom stereocenters. The average molecular weight is 554 g/mol. The molecule has 14 heteroatoms. The van der Waals surface area contributed by atoms with Crippen LogP contribution in [0.25, 0.3) is 21.8 Å². The summed E-state index contributed by atoms with van der Waals surface area (Å²) in [7, 11) is -4.86. The lowest BCUT2D eigenvalue weighted by atomic mass is 10.0. The lowest BCUT2D eigenvalue weighted by molar-refractivity contribution is -0.0501. The van der Waals surface area contributed by atoms with Gasteiger partial charge in [-0.2, -0.15) is 21.6 Å². The van der Waals surface area contributed by atoms with Gasteiger partial charge >= 0.3 is 21.7 Å². The Labute approximate surface area is 212 Å². The van der Waals surface area contributed by atoms with E-state index in [-0.39, 0.29) is 58.4 Å². The molecule has 2 aromatic heterocycles. The van der Waals surface area contributed by atoms with Crippen LogP contribution in [0.5, 0.6) is 11.6 Å². The molecule has 0 spiro atoms. The first kappa shape index (κ1) is 25.7. The highest BCUT2D eigenvalue weighted by atomic mass is 32.2. The van der Waals surface area contributed by atoms with Crippen LogP contribution in [-0.4, -0.2) is 54.5 Å². The molecule has 1 saturated heterocycles. The van der Waals surface area contributed by atoms with E-state index in [4.69, 9.17) is 9.47 Å². The fraction of sp³-hybridized carbons (Fsp3) is 0.250. The molecule has 9 nitrogen and oxygen atoms in total. The molecule has 1 fully saturated rings. The molecule has 0 saturated carbocycles. The summed E-state index contributed by atoms with van der Waals surface area (Å²) in [5.41, 5.74) is -5.49. The highest BCUT2D eigenvalue weighted by Gasteiger charge is 2.49. The summed E-state index contributed by atoms with van der Waals surface area (Å²) in [6, 6.07) is 10.1. The van der Waals surface area contributed by atoms with E-state index < -0.39 is 39.5 Å². The van der Waals surface area contributed by atoms with Crippen molar-refractivity contribution in [2.75, 3.05) is 13.7 Å². The number of carbonyl (C=O) groups is 1. The lowest BCUT2D eigenvalue weighted by Gasteiger charge is -2.16. The van der Waals surface area contributed by atoms with Gasteiger partial charge in [-0.25, -0.2) is 18.7 Å². The molecule has 5 rings (SSSR count). The van der Waals surface area contributed by atoms with E-state index in [1.807, 2.05) is 0 Å². The van der Waals surface area contributed by atoms with E-state index in [9.17, 15) is 35.9 Å². The number of benzene rings is 2. The Morgan fingerprint density at radius 1 is 1.24 bits per heavy atom. The minimum absolute atomic E-state index is 0.00216. The van der Waals surface area contributed by atoms with Gasteiger partial charge in [0.15, 0.2) is 11.6 Å². The number of para-hydroxylation sites is 1. The Kier molecular flexibility index (Phi) is 6.18. The molecule has 3 heterocycles. The predicted octanol–water partition coefficient (Wildman–Crippen LogP) is 4.62. The van der Waals surface area contributed by atoms with Crippen molar-refractivity contribution >= 4 is 38.0 Å². The lowest BCUT2D eigenvalue weighted by Crippen LogP contribution is -2.29. The second kappa shape index (κ2) is 9.13. The van der Waals surface area contributed by atoms with Crippen molar-refractivity contribution in [2.45, 2.75) is 24.5 Å². The second-order valence-corrected chi connectivity index (χ2v) is 10.0. The Morgan fingerprint density at radius 3 is 2.55 bits per heavy atom. The number of hydrogen-bond acceptors (Lipinski definition) is 7. The molecule has 0 radical (unpaired) electrons. The van der Waals surface area contributed by atoms with Gasteiger partial charge in [0.25, 0.3) is 0 Å². The third-order valence-electron chi connectivity index (χ3n) is 6.03. The number of halogens is 4. The van der Waals surface area contributed by atoms with Crippen LogP contribution >= 0.6 is 0 Å². The van der Waals surface area contributed by atoms with Crippen LogP contribution in [0, 0.1) is 5.82 Å². The van der Waals surface area contributed by atoms with Gasteiger partial charge in [0.05, 0.1) is 36.5 Å². The molecule has 4 aromatic rings. The van der Waals surface area contributed by atoms with Crippen molar-refractivity contribution < 1.29 is 49.5 Å². The summed E-state index contributed by atoms with van der Waals surface area (Å²) in [6.07, 6.45) is -2.23. The number of carboxylic acid groups (broad SMARTS) is 1. The maximum Gasteiger partial charge on any atom is 0.534 e. The quantitative estimate of drug-likeness (QED) is 0.152. The summed E-state index contributed by atoms with van der Waals surface area (Å²) >= 11 is 0. The summed E-state index contributed by atoms with van der Waals surface area (Å²) in [4.78, 5) is 16.5. The predicted molar refractivity (Wildman–Crippen MR) is 125 cm³/mol. The van der Waals surface area contributed by atoms with E-state index in [1.165, 1.54) is 25.3 Å². The number of aromatic nitrogens is 2. The average Bonchev–Trinajstić information content (AvgIpc) is 3.58. The van der Waals surface area contributed by atoms with Gasteiger partial charge in [-0.05, 0) is 23.8 Å². The summed E-state index contributed by atoms with van der Waals surface area (Å²) in [5, 5.41) is 10.5. The Hall–Kier alpha value is -3.91. The highest BCUT2D eigenvalue weighted by molar-refractivity contribution is 7.88. The van der Waals surface area contributed by atoms with Gasteiger partial charge < -0.3 is 18.8 Å². The van der Waals surface area contributed by atoms with Crippen molar-refractivity contribution in [2.24, 2.45) is 0 Å². The molecule has 2 aromatic carbocycles. The first-order chi connectivity index (χ1) is 17.9. The van der Waals surface area contributed by atoms with Crippen molar-refractivity contribution in [3.05, 3.63) is 65.1 Å². The molecular formula is C24H18F4N2O7S. The number of methoxy groups -OCH3 is 1. The smallest absolute Gasteiger partial charge is 0.494 e. The van der Waals surface area contributed by atoms with Crippen LogP contribution in [0.3, 0.4) is 0 Å². The number of alkyl halides is 3. The van der Waals surface area contributed by atoms with Crippen LogP contribution in [0.1, 0.15) is 16.8 Å². The molecule has 1 aliphatic rings. The zero-order valence-electron chi connectivity index (χ0n) is 19.5. The van der Waals surface area contributed by atoms with Gasteiger partial charge in [-0.15, -0.1) is 0 Å². The summed E-state index contributed by atoms with van der Waals surface area (Å²) in [5.74, 6) is -1.66. The van der Waals surface area contributed by atoms with Crippen molar-refractivity contribution in [3.8, 4) is 11.6 Å².